The highest BCUT2D eigenvalue weighted by atomic mass is 16.5. The van der Waals surface area contributed by atoms with Crippen molar-refractivity contribution in [2.24, 2.45) is 0 Å². The van der Waals surface area contributed by atoms with E-state index >= 15 is 0 Å². The van der Waals surface area contributed by atoms with Gasteiger partial charge < -0.3 is 24.8 Å². The normalized spacial score (nSPS) is 10.9. The molecule has 7 nitrogen and oxygen atoms in total. The summed E-state index contributed by atoms with van der Waals surface area (Å²) in [5.41, 5.74) is 0. The molecule has 0 atom stereocenters. The molecule has 24 heavy (non-hydrogen) atoms. The highest BCUT2D eigenvalue weighted by molar-refractivity contribution is 5.87. The maximum Gasteiger partial charge on any atom is 0.243 e. The van der Waals surface area contributed by atoms with Crippen LogP contribution in [0.1, 0.15) is 33.1 Å². The minimum atomic E-state index is -0.0754. The molecule has 0 rings (SSSR count). The first-order valence-electron chi connectivity index (χ1n) is 8.61. The molecule has 140 valence electrons. The van der Waals surface area contributed by atoms with Gasteiger partial charge in [0.05, 0.1) is 26.4 Å². The Hall–Kier alpha value is -1.44. The molecule has 0 aliphatic carbocycles. The van der Waals surface area contributed by atoms with Crippen LogP contribution in [0.15, 0.2) is 12.2 Å². The predicted molar refractivity (Wildman–Crippen MR) is 92.8 cm³/mol. The summed E-state index contributed by atoms with van der Waals surface area (Å²) in [5, 5.41) is 5.55. The van der Waals surface area contributed by atoms with Crippen molar-refractivity contribution < 1.29 is 23.8 Å². The van der Waals surface area contributed by atoms with Crippen LogP contribution in [0.2, 0.25) is 0 Å². The highest BCUT2D eigenvalue weighted by Gasteiger charge is 1.96. The van der Waals surface area contributed by atoms with Crippen molar-refractivity contribution >= 4 is 11.8 Å². The van der Waals surface area contributed by atoms with Gasteiger partial charge >= 0.3 is 0 Å². The fraction of sp³-hybridized carbons (Fsp3) is 0.765. The summed E-state index contributed by atoms with van der Waals surface area (Å²) in [4.78, 5) is 22.1. The van der Waals surface area contributed by atoms with Crippen molar-refractivity contribution in [1.82, 2.24) is 10.6 Å². The van der Waals surface area contributed by atoms with Gasteiger partial charge in [0.15, 0.2) is 0 Å². The Balaban J connectivity index is 3.10. The van der Waals surface area contributed by atoms with Crippen molar-refractivity contribution in [1.29, 1.82) is 0 Å². The monoisotopic (exact) mass is 344 g/mol. The van der Waals surface area contributed by atoms with Gasteiger partial charge in [-0.25, -0.2) is 0 Å². The number of amides is 2. The molecule has 0 unspecified atom stereocenters. The Labute approximate surface area is 145 Å². The van der Waals surface area contributed by atoms with Crippen LogP contribution in [0.5, 0.6) is 0 Å². The van der Waals surface area contributed by atoms with Crippen LogP contribution in [0.25, 0.3) is 0 Å². The van der Waals surface area contributed by atoms with E-state index in [-0.39, 0.29) is 11.8 Å². The van der Waals surface area contributed by atoms with Gasteiger partial charge in [-0.05, 0) is 25.8 Å². The molecule has 0 aromatic rings. The van der Waals surface area contributed by atoms with E-state index in [1.807, 2.05) is 6.92 Å². The van der Waals surface area contributed by atoms with Crippen LogP contribution in [0.3, 0.4) is 0 Å². The highest BCUT2D eigenvalue weighted by Crippen LogP contribution is 1.86. The van der Waals surface area contributed by atoms with Crippen LogP contribution in [0.4, 0.5) is 0 Å². The van der Waals surface area contributed by atoms with E-state index in [9.17, 15) is 9.59 Å². The predicted octanol–water partition coefficient (Wildman–Crippen LogP) is 1.03. The van der Waals surface area contributed by atoms with Gasteiger partial charge in [0.1, 0.15) is 0 Å². The molecule has 2 amide bonds. The van der Waals surface area contributed by atoms with Gasteiger partial charge in [0.2, 0.25) is 11.8 Å². The van der Waals surface area contributed by atoms with E-state index in [0.29, 0.717) is 59.2 Å². The van der Waals surface area contributed by atoms with Crippen LogP contribution in [0, 0.1) is 0 Å². The van der Waals surface area contributed by atoms with Crippen molar-refractivity contribution in [3.63, 3.8) is 0 Å². The maximum atomic E-state index is 11.1. The summed E-state index contributed by atoms with van der Waals surface area (Å²) in [6, 6.07) is 0. The van der Waals surface area contributed by atoms with Gasteiger partial charge in [-0.2, -0.15) is 0 Å². The first-order chi connectivity index (χ1) is 11.7. The number of nitrogens with one attached hydrogen (secondary N) is 2. The molecule has 0 aromatic heterocycles. The number of hydrogen-bond acceptors (Lipinski definition) is 5. The average molecular weight is 344 g/mol. The van der Waals surface area contributed by atoms with Gasteiger partial charge in [-0.1, -0.05) is 13.0 Å². The third-order valence-corrected chi connectivity index (χ3v) is 2.94. The number of hydrogen-bond donors (Lipinski definition) is 2. The summed E-state index contributed by atoms with van der Waals surface area (Å²) in [7, 11) is 0. The lowest BCUT2D eigenvalue weighted by molar-refractivity contribution is -0.120. The summed E-state index contributed by atoms with van der Waals surface area (Å²) in [5.74, 6) is -0.00733. The number of rotatable bonds is 16. The molecule has 0 spiro atoms. The number of carbonyl (C=O) groups excluding carboxylic acids is 2. The first-order valence-corrected chi connectivity index (χ1v) is 8.61. The fourth-order valence-electron chi connectivity index (χ4n) is 1.67. The minimum Gasteiger partial charge on any atom is -0.379 e. The zero-order valence-electron chi connectivity index (χ0n) is 15.0. The van der Waals surface area contributed by atoms with E-state index in [1.165, 1.54) is 6.08 Å². The maximum absolute atomic E-state index is 11.1. The van der Waals surface area contributed by atoms with Crippen molar-refractivity contribution in [2.75, 3.05) is 52.7 Å². The van der Waals surface area contributed by atoms with Crippen molar-refractivity contribution in [2.45, 2.75) is 33.1 Å². The van der Waals surface area contributed by atoms with Gasteiger partial charge in [0.25, 0.3) is 0 Å². The largest absolute Gasteiger partial charge is 0.379 e. The average Bonchev–Trinajstić information content (AvgIpc) is 2.58. The fourth-order valence-corrected chi connectivity index (χ4v) is 1.67. The quantitative estimate of drug-likeness (QED) is 0.323. The molecule has 0 radical (unpaired) electrons. The lowest BCUT2D eigenvalue weighted by atomic mass is 10.4. The Morgan fingerprint density at radius 1 is 0.833 bits per heavy atom. The van der Waals surface area contributed by atoms with Gasteiger partial charge in [0, 0.05) is 32.7 Å². The molecule has 2 N–H and O–H groups in total. The molecule has 0 saturated heterocycles. The lowest BCUT2D eigenvalue weighted by Gasteiger charge is -2.07. The molecule has 7 heteroatoms. The molecule has 0 aliphatic heterocycles. The van der Waals surface area contributed by atoms with Crippen LogP contribution >= 0.6 is 0 Å². The second kappa shape index (κ2) is 17.9. The topological polar surface area (TPSA) is 85.9 Å². The van der Waals surface area contributed by atoms with E-state index in [0.717, 1.165) is 12.8 Å². The number of ether oxygens (including phenoxy) is 3. The molecule has 0 aromatic carbocycles. The molecular weight excluding hydrogens is 312 g/mol. The Morgan fingerprint density at radius 3 is 1.83 bits per heavy atom. The third-order valence-electron chi connectivity index (χ3n) is 2.94. The zero-order chi connectivity index (χ0) is 17.9. The summed E-state index contributed by atoms with van der Waals surface area (Å²) in [6.45, 7) is 8.24. The minimum absolute atomic E-state index is 0.0681. The first kappa shape index (κ1) is 22.6. The molecule has 0 heterocycles. The number of carbonyl (C=O) groups is 2. The van der Waals surface area contributed by atoms with E-state index in [1.54, 1.807) is 13.0 Å². The van der Waals surface area contributed by atoms with Crippen LogP contribution in [-0.2, 0) is 23.8 Å². The van der Waals surface area contributed by atoms with Gasteiger partial charge in [-0.15, -0.1) is 0 Å². The van der Waals surface area contributed by atoms with E-state index in [4.69, 9.17) is 14.2 Å². The van der Waals surface area contributed by atoms with E-state index < -0.39 is 0 Å². The summed E-state index contributed by atoms with van der Waals surface area (Å²) >= 11 is 0. The second-order valence-corrected chi connectivity index (χ2v) is 5.04. The summed E-state index contributed by atoms with van der Waals surface area (Å²) < 4.78 is 16.2. The Bertz CT molecular complexity index is 348. The molecule has 0 fully saturated rings. The number of allylic oxidation sites excluding steroid dienone is 1. The molecule has 0 aliphatic rings. The lowest BCUT2D eigenvalue weighted by Crippen LogP contribution is -2.24. The third kappa shape index (κ3) is 16.9. The van der Waals surface area contributed by atoms with Crippen molar-refractivity contribution in [3.8, 4) is 0 Å². The molecule has 0 bridgehead atoms. The zero-order valence-corrected chi connectivity index (χ0v) is 15.0. The van der Waals surface area contributed by atoms with Crippen LogP contribution < -0.4 is 10.6 Å². The molecule has 0 saturated carbocycles. The Morgan fingerprint density at radius 2 is 1.33 bits per heavy atom. The Kier molecular flexibility index (Phi) is 16.8. The smallest absolute Gasteiger partial charge is 0.243 e. The second-order valence-electron chi connectivity index (χ2n) is 5.04. The van der Waals surface area contributed by atoms with Crippen molar-refractivity contribution in [3.05, 3.63) is 12.2 Å². The van der Waals surface area contributed by atoms with E-state index in [2.05, 4.69) is 10.6 Å². The molecular formula is C17H32N2O5. The SMILES string of the molecule is C/C=C/C(=O)NCCCOCCOCCOCCCNC(=O)CC. The summed E-state index contributed by atoms with van der Waals surface area (Å²) in [6.07, 6.45) is 5.30. The standard InChI is InChI=1S/C17H32N2O5/c1-3-7-17(21)19-9-6-11-23-13-15-24-14-12-22-10-5-8-18-16(20)4-2/h3,7H,4-6,8-15H2,1-2H3,(H,18,20)(H,19,21)/b7-3+. The van der Waals surface area contributed by atoms with Gasteiger partial charge in [-0.3, -0.25) is 9.59 Å². The van der Waals surface area contributed by atoms with Crippen LogP contribution in [-0.4, -0.2) is 64.5 Å².